The van der Waals surface area contributed by atoms with E-state index >= 15 is 0 Å². The Bertz CT molecular complexity index is 456. The number of amidine groups is 1. The Hall–Kier alpha value is -1.75. The maximum atomic E-state index is 7.70. The standard InChI is InChI=1S/C14H21N3O2/c1-17(10-5-7-19-8-6-10)13-9-11(18-2)3-4-12(13)14(15)16/h3-4,9-10H,5-8H2,1-2H3,(H3,15,16). The van der Waals surface area contributed by atoms with Crippen LogP contribution in [-0.4, -0.2) is 39.2 Å². The number of nitrogens with zero attached hydrogens (tertiary/aromatic N) is 1. The number of methoxy groups -OCH3 is 1. The number of ether oxygens (including phenoxy) is 2. The normalized spacial score (nSPS) is 16.1. The van der Waals surface area contributed by atoms with Crippen molar-refractivity contribution in [2.45, 2.75) is 18.9 Å². The predicted molar refractivity (Wildman–Crippen MR) is 76.3 cm³/mol. The van der Waals surface area contributed by atoms with Gasteiger partial charge in [0.05, 0.1) is 12.8 Å². The SMILES string of the molecule is COc1ccc(C(=N)N)c(N(C)C2CCOCC2)c1. The third-order valence-electron chi connectivity index (χ3n) is 3.61. The van der Waals surface area contributed by atoms with Crippen molar-refractivity contribution in [1.29, 1.82) is 5.41 Å². The van der Waals surface area contributed by atoms with Gasteiger partial charge in [-0.15, -0.1) is 0 Å². The summed E-state index contributed by atoms with van der Waals surface area (Å²) in [5.74, 6) is 0.857. The van der Waals surface area contributed by atoms with Crippen LogP contribution >= 0.6 is 0 Å². The molecule has 1 fully saturated rings. The molecule has 1 aromatic carbocycles. The molecule has 0 radical (unpaired) electrons. The van der Waals surface area contributed by atoms with E-state index in [9.17, 15) is 0 Å². The van der Waals surface area contributed by atoms with Crippen molar-refractivity contribution in [2.75, 3.05) is 32.3 Å². The van der Waals surface area contributed by atoms with E-state index in [0.29, 0.717) is 6.04 Å². The number of hydrogen-bond acceptors (Lipinski definition) is 4. The number of hydrogen-bond donors (Lipinski definition) is 2. The molecule has 3 N–H and O–H groups in total. The fourth-order valence-corrected chi connectivity index (χ4v) is 2.43. The van der Waals surface area contributed by atoms with E-state index < -0.39 is 0 Å². The lowest BCUT2D eigenvalue weighted by atomic mass is 10.0. The van der Waals surface area contributed by atoms with E-state index in [1.54, 1.807) is 7.11 Å². The van der Waals surface area contributed by atoms with Gasteiger partial charge in [0, 0.05) is 37.9 Å². The highest BCUT2D eigenvalue weighted by molar-refractivity contribution is 6.00. The monoisotopic (exact) mass is 263 g/mol. The van der Waals surface area contributed by atoms with Gasteiger partial charge in [-0.1, -0.05) is 0 Å². The minimum Gasteiger partial charge on any atom is -0.497 e. The summed E-state index contributed by atoms with van der Waals surface area (Å²) in [6.07, 6.45) is 1.98. The molecule has 5 heteroatoms. The van der Waals surface area contributed by atoms with Crippen molar-refractivity contribution in [3.05, 3.63) is 23.8 Å². The summed E-state index contributed by atoms with van der Waals surface area (Å²) in [6, 6.07) is 6.02. The summed E-state index contributed by atoms with van der Waals surface area (Å²) in [4.78, 5) is 2.18. The lowest BCUT2D eigenvalue weighted by Crippen LogP contribution is -2.37. The van der Waals surface area contributed by atoms with Crippen molar-refractivity contribution < 1.29 is 9.47 Å². The zero-order valence-electron chi connectivity index (χ0n) is 11.5. The minimum absolute atomic E-state index is 0.0802. The van der Waals surface area contributed by atoms with E-state index in [1.807, 2.05) is 25.2 Å². The molecule has 0 bridgehead atoms. The highest BCUT2D eigenvalue weighted by Gasteiger charge is 2.21. The van der Waals surface area contributed by atoms with Gasteiger partial charge in [-0.05, 0) is 25.0 Å². The number of nitrogen functional groups attached to an aromatic ring is 1. The van der Waals surface area contributed by atoms with Crippen molar-refractivity contribution in [3.8, 4) is 5.75 Å². The Labute approximate surface area is 113 Å². The summed E-state index contributed by atoms with van der Waals surface area (Å²) in [5.41, 5.74) is 7.35. The smallest absolute Gasteiger partial charge is 0.124 e. The van der Waals surface area contributed by atoms with Gasteiger partial charge in [-0.3, -0.25) is 5.41 Å². The lowest BCUT2D eigenvalue weighted by Gasteiger charge is -2.34. The first-order valence-electron chi connectivity index (χ1n) is 6.46. The third kappa shape index (κ3) is 2.98. The van der Waals surface area contributed by atoms with Gasteiger partial charge < -0.3 is 20.1 Å². The molecule has 0 aromatic heterocycles. The molecule has 0 aliphatic carbocycles. The average molecular weight is 263 g/mol. The Morgan fingerprint density at radius 2 is 2.11 bits per heavy atom. The maximum absolute atomic E-state index is 7.70. The van der Waals surface area contributed by atoms with E-state index in [-0.39, 0.29) is 5.84 Å². The van der Waals surface area contributed by atoms with Crippen LogP contribution in [0.4, 0.5) is 5.69 Å². The number of nitrogens with one attached hydrogen (secondary N) is 1. The Morgan fingerprint density at radius 3 is 2.68 bits per heavy atom. The fraction of sp³-hybridized carbons (Fsp3) is 0.500. The molecule has 0 spiro atoms. The zero-order valence-corrected chi connectivity index (χ0v) is 11.5. The highest BCUT2D eigenvalue weighted by Crippen LogP contribution is 2.28. The van der Waals surface area contributed by atoms with Crippen LogP contribution in [0.25, 0.3) is 0 Å². The van der Waals surface area contributed by atoms with Crippen molar-refractivity contribution >= 4 is 11.5 Å². The second-order valence-corrected chi connectivity index (χ2v) is 4.75. The molecule has 0 atom stereocenters. The second-order valence-electron chi connectivity index (χ2n) is 4.75. The molecule has 1 aromatic rings. The average Bonchev–Trinajstić information content (AvgIpc) is 2.46. The molecule has 0 saturated carbocycles. The van der Waals surface area contributed by atoms with Crippen LogP contribution in [0.3, 0.4) is 0 Å². The molecule has 2 rings (SSSR count). The number of anilines is 1. The number of rotatable bonds is 4. The summed E-state index contributed by atoms with van der Waals surface area (Å²) in [5, 5.41) is 7.70. The quantitative estimate of drug-likeness (QED) is 0.639. The maximum Gasteiger partial charge on any atom is 0.124 e. The highest BCUT2D eigenvalue weighted by atomic mass is 16.5. The van der Waals surface area contributed by atoms with E-state index in [4.69, 9.17) is 20.6 Å². The molecule has 1 saturated heterocycles. The zero-order chi connectivity index (χ0) is 13.8. The van der Waals surface area contributed by atoms with Crippen LogP contribution in [0, 0.1) is 5.41 Å². The van der Waals surface area contributed by atoms with Gasteiger partial charge >= 0.3 is 0 Å². The van der Waals surface area contributed by atoms with Gasteiger partial charge in [0.1, 0.15) is 11.6 Å². The molecule has 1 heterocycles. The van der Waals surface area contributed by atoms with Gasteiger partial charge in [-0.2, -0.15) is 0 Å². The molecule has 0 amide bonds. The topological polar surface area (TPSA) is 71.6 Å². The van der Waals surface area contributed by atoms with Crippen LogP contribution in [-0.2, 0) is 4.74 Å². The first-order chi connectivity index (χ1) is 9.13. The molecular weight excluding hydrogens is 242 g/mol. The molecule has 1 aliphatic heterocycles. The summed E-state index contributed by atoms with van der Waals surface area (Å²) in [7, 11) is 3.68. The largest absolute Gasteiger partial charge is 0.497 e. The Balaban J connectivity index is 2.31. The molecule has 104 valence electrons. The first kappa shape index (κ1) is 13.7. The van der Waals surface area contributed by atoms with Gasteiger partial charge in [-0.25, -0.2) is 0 Å². The van der Waals surface area contributed by atoms with Gasteiger partial charge in [0.2, 0.25) is 0 Å². The van der Waals surface area contributed by atoms with Crippen LogP contribution in [0.2, 0.25) is 0 Å². The van der Waals surface area contributed by atoms with Gasteiger partial charge in [0.15, 0.2) is 0 Å². The van der Waals surface area contributed by atoms with E-state index in [2.05, 4.69) is 4.90 Å². The van der Waals surface area contributed by atoms with Crippen LogP contribution < -0.4 is 15.4 Å². The first-order valence-corrected chi connectivity index (χ1v) is 6.46. The van der Waals surface area contributed by atoms with Gasteiger partial charge in [0.25, 0.3) is 0 Å². The summed E-state index contributed by atoms with van der Waals surface area (Å²) < 4.78 is 10.7. The molecule has 0 unspecified atom stereocenters. The predicted octanol–water partition coefficient (Wildman–Crippen LogP) is 1.59. The number of benzene rings is 1. The molecule has 19 heavy (non-hydrogen) atoms. The van der Waals surface area contributed by atoms with Crippen LogP contribution in [0.5, 0.6) is 5.75 Å². The third-order valence-corrected chi connectivity index (χ3v) is 3.61. The summed E-state index contributed by atoms with van der Waals surface area (Å²) >= 11 is 0. The second kappa shape index (κ2) is 5.93. The summed E-state index contributed by atoms with van der Waals surface area (Å²) in [6.45, 7) is 1.57. The molecular formula is C14H21N3O2. The molecule has 1 aliphatic rings. The number of nitrogens with two attached hydrogens (primary N) is 1. The fourth-order valence-electron chi connectivity index (χ4n) is 2.43. The van der Waals surface area contributed by atoms with Crippen LogP contribution in [0.15, 0.2) is 18.2 Å². The minimum atomic E-state index is 0.0802. The lowest BCUT2D eigenvalue weighted by molar-refractivity contribution is 0.0855. The van der Waals surface area contributed by atoms with E-state index in [1.165, 1.54) is 0 Å². The molecule has 5 nitrogen and oxygen atoms in total. The van der Waals surface area contributed by atoms with Crippen molar-refractivity contribution in [1.82, 2.24) is 0 Å². The van der Waals surface area contributed by atoms with Crippen LogP contribution in [0.1, 0.15) is 18.4 Å². The Morgan fingerprint density at radius 1 is 1.42 bits per heavy atom. The van der Waals surface area contributed by atoms with Crippen molar-refractivity contribution in [3.63, 3.8) is 0 Å². The Kier molecular flexibility index (Phi) is 4.27. The van der Waals surface area contributed by atoms with E-state index in [0.717, 1.165) is 43.1 Å². The van der Waals surface area contributed by atoms with Crippen molar-refractivity contribution in [2.24, 2.45) is 5.73 Å².